The van der Waals surface area contributed by atoms with Gasteiger partial charge in [-0.05, 0) is 30.2 Å². The summed E-state index contributed by atoms with van der Waals surface area (Å²) >= 11 is 0. The number of fused-ring (bicyclic) bond motifs is 1. The highest BCUT2D eigenvalue weighted by atomic mass is 16.7. The summed E-state index contributed by atoms with van der Waals surface area (Å²) in [6, 6.07) is 5.43. The summed E-state index contributed by atoms with van der Waals surface area (Å²) in [5.41, 5.74) is 0.835. The summed E-state index contributed by atoms with van der Waals surface area (Å²) in [5, 5.41) is 8.93. The van der Waals surface area contributed by atoms with Crippen molar-refractivity contribution in [2.75, 3.05) is 19.9 Å². The Morgan fingerprint density at radius 1 is 1.29 bits per heavy atom. The van der Waals surface area contributed by atoms with Gasteiger partial charge in [-0.2, -0.15) is 0 Å². The van der Waals surface area contributed by atoms with Crippen LogP contribution in [0.3, 0.4) is 0 Å². The van der Waals surface area contributed by atoms with Gasteiger partial charge in [0.1, 0.15) is 0 Å². The molecule has 110 valence electrons. The number of rotatable bonds is 3. The minimum Gasteiger partial charge on any atom is -0.481 e. The number of carbonyl (C=O) groups is 2. The largest absolute Gasteiger partial charge is 0.481 e. The summed E-state index contributed by atoms with van der Waals surface area (Å²) in [6.07, 6.45) is 3.67. The molecule has 0 aliphatic carbocycles. The number of hydrogen-bond donors (Lipinski definition) is 1. The fourth-order valence-corrected chi connectivity index (χ4v) is 2.45. The van der Waals surface area contributed by atoms with Crippen LogP contribution in [0.25, 0.3) is 6.08 Å². The predicted molar refractivity (Wildman–Crippen MR) is 73.9 cm³/mol. The molecule has 2 aliphatic rings. The molecule has 3 rings (SSSR count). The number of carbonyl (C=O) groups excluding carboxylic acids is 1. The molecule has 21 heavy (non-hydrogen) atoms. The van der Waals surface area contributed by atoms with Gasteiger partial charge < -0.3 is 19.5 Å². The lowest BCUT2D eigenvalue weighted by Gasteiger charge is -2.12. The lowest BCUT2D eigenvalue weighted by molar-refractivity contribution is -0.141. The second kappa shape index (κ2) is 5.47. The van der Waals surface area contributed by atoms with Gasteiger partial charge in [0.2, 0.25) is 12.7 Å². The highest BCUT2D eigenvalue weighted by molar-refractivity contribution is 5.92. The predicted octanol–water partition coefficient (Wildman–Crippen LogP) is 1.36. The third kappa shape index (κ3) is 2.84. The zero-order chi connectivity index (χ0) is 14.8. The van der Waals surface area contributed by atoms with Gasteiger partial charge in [0.15, 0.2) is 11.5 Å². The van der Waals surface area contributed by atoms with Crippen LogP contribution in [0.1, 0.15) is 12.0 Å². The highest BCUT2D eigenvalue weighted by Gasteiger charge is 2.29. The number of benzene rings is 1. The molecule has 1 atom stereocenters. The van der Waals surface area contributed by atoms with Crippen molar-refractivity contribution in [1.82, 2.24) is 4.90 Å². The molecule has 1 aromatic rings. The summed E-state index contributed by atoms with van der Waals surface area (Å²) in [6.45, 7) is 0.979. The maximum atomic E-state index is 12.0. The molecule has 1 unspecified atom stereocenters. The van der Waals surface area contributed by atoms with Crippen molar-refractivity contribution in [1.29, 1.82) is 0 Å². The van der Waals surface area contributed by atoms with Gasteiger partial charge >= 0.3 is 5.97 Å². The van der Waals surface area contributed by atoms with E-state index in [0.717, 1.165) is 5.56 Å². The standard InChI is InChI=1S/C15H15NO5/c17-14(16-6-5-11(8-16)15(18)19)4-2-10-1-3-12-13(7-10)21-9-20-12/h1-4,7,11H,5-6,8-9H2,(H,18,19)/b4-2+. The van der Waals surface area contributed by atoms with Gasteiger partial charge in [-0.3, -0.25) is 9.59 Å². The molecule has 1 fully saturated rings. The average molecular weight is 289 g/mol. The molecule has 0 spiro atoms. The average Bonchev–Trinajstić information content (AvgIpc) is 3.12. The number of carboxylic acid groups (broad SMARTS) is 1. The van der Waals surface area contributed by atoms with Crippen molar-refractivity contribution in [3.63, 3.8) is 0 Å². The lowest BCUT2D eigenvalue weighted by Crippen LogP contribution is -2.28. The van der Waals surface area contributed by atoms with Crippen molar-refractivity contribution in [2.45, 2.75) is 6.42 Å². The number of carboxylic acids is 1. The zero-order valence-electron chi connectivity index (χ0n) is 11.3. The number of likely N-dealkylation sites (tertiary alicyclic amines) is 1. The first-order valence-electron chi connectivity index (χ1n) is 6.73. The van der Waals surface area contributed by atoms with Crippen molar-refractivity contribution in [3.05, 3.63) is 29.8 Å². The Balaban J connectivity index is 1.63. The molecule has 0 aromatic heterocycles. The third-order valence-electron chi connectivity index (χ3n) is 3.66. The van der Waals surface area contributed by atoms with E-state index >= 15 is 0 Å². The van der Waals surface area contributed by atoms with Crippen LogP contribution in [0.15, 0.2) is 24.3 Å². The Labute approximate surface area is 121 Å². The number of aliphatic carboxylic acids is 1. The molecular formula is C15H15NO5. The van der Waals surface area contributed by atoms with E-state index in [0.29, 0.717) is 24.5 Å². The van der Waals surface area contributed by atoms with E-state index in [9.17, 15) is 9.59 Å². The smallest absolute Gasteiger partial charge is 0.308 e. The fraction of sp³-hybridized carbons (Fsp3) is 0.333. The van der Waals surface area contributed by atoms with Crippen LogP contribution in [-0.4, -0.2) is 41.8 Å². The third-order valence-corrected chi connectivity index (χ3v) is 3.66. The van der Waals surface area contributed by atoms with E-state index in [1.54, 1.807) is 23.1 Å². The topological polar surface area (TPSA) is 76.1 Å². The molecule has 2 aliphatic heterocycles. The molecule has 6 heteroatoms. The number of nitrogens with zero attached hydrogens (tertiary/aromatic N) is 1. The quantitative estimate of drug-likeness (QED) is 0.850. The van der Waals surface area contributed by atoms with Crippen LogP contribution in [0.4, 0.5) is 0 Å². The van der Waals surface area contributed by atoms with Crippen molar-refractivity contribution < 1.29 is 24.2 Å². The minimum absolute atomic E-state index is 0.170. The van der Waals surface area contributed by atoms with Crippen molar-refractivity contribution in [2.24, 2.45) is 5.92 Å². The molecule has 0 saturated carbocycles. The van der Waals surface area contributed by atoms with Crippen LogP contribution in [0.5, 0.6) is 11.5 Å². The monoisotopic (exact) mass is 289 g/mol. The van der Waals surface area contributed by atoms with Gasteiger partial charge in [0.05, 0.1) is 5.92 Å². The van der Waals surface area contributed by atoms with Gasteiger partial charge in [0, 0.05) is 19.2 Å². The SMILES string of the molecule is O=C(O)C1CCN(C(=O)/C=C/c2ccc3c(c2)OCO3)C1. The maximum absolute atomic E-state index is 12.0. The number of ether oxygens (including phenoxy) is 2. The van der Waals surface area contributed by atoms with Crippen LogP contribution < -0.4 is 9.47 Å². The molecule has 1 saturated heterocycles. The molecular weight excluding hydrogens is 274 g/mol. The lowest BCUT2D eigenvalue weighted by atomic mass is 10.1. The summed E-state index contributed by atoms with van der Waals surface area (Å²) < 4.78 is 10.5. The normalized spacial score (nSPS) is 20.2. The van der Waals surface area contributed by atoms with Crippen LogP contribution in [0.2, 0.25) is 0 Å². The van der Waals surface area contributed by atoms with E-state index in [4.69, 9.17) is 14.6 Å². The van der Waals surface area contributed by atoms with Crippen molar-refractivity contribution >= 4 is 18.0 Å². The van der Waals surface area contributed by atoms with Gasteiger partial charge in [-0.15, -0.1) is 0 Å². The summed E-state index contributed by atoms with van der Waals surface area (Å²) in [7, 11) is 0. The molecule has 0 bridgehead atoms. The minimum atomic E-state index is -0.843. The molecule has 2 heterocycles. The molecule has 1 N–H and O–H groups in total. The Morgan fingerprint density at radius 3 is 2.86 bits per heavy atom. The number of hydrogen-bond acceptors (Lipinski definition) is 4. The zero-order valence-corrected chi connectivity index (χ0v) is 11.3. The van der Waals surface area contributed by atoms with Gasteiger partial charge in [-0.25, -0.2) is 0 Å². The van der Waals surface area contributed by atoms with E-state index in [1.807, 2.05) is 6.07 Å². The Kier molecular flexibility index (Phi) is 3.51. The van der Waals surface area contributed by atoms with E-state index in [-0.39, 0.29) is 19.2 Å². The van der Waals surface area contributed by atoms with Gasteiger partial charge in [0.25, 0.3) is 0 Å². The molecule has 0 radical (unpaired) electrons. The number of amides is 1. The first-order chi connectivity index (χ1) is 10.1. The maximum Gasteiger partial charge on any atom is 0.308 e. The summed E-state index contributed by atoms with van der Waals surface area (Å²) in [4.78, 5) is 24.4. The van der Waals surface area contributed by atoms with Crippen LogP contribution in [0, 0.1) is 5.92 Å². The summed E-state index contributed by atoms with van der Waals surface area (Å²) in [5.74, 6) is -0.103. The van der Waals surface area contributed by atoms with Crippen LogP contribution in [-0.2, 0) is 9.59 Å². The molecule has 6 nitrogen and oxygen atoms in total. The Bertz CT molecular complexity index is 610. The van der Waals surface area contributed by atoms with Gasteiger partial charge in [-0.1, -0.05) is 6.07 Å². The fourth-order valence-electron chi connectivity index (χ4n) is 2.45. The van der Waals surface area contributed by atoms with E-state index in [2.05, 4.69) is 0 Å². The van der Waals surface area contributed by atoms with Crippen LogP contribution >= 0.6 is 0 Å². The second-order valence-corrected chi connectivity index (χ2v) is 5.05. The molecule has 1 amide bonds. The van der Waals surface area contributed by atoms with E-state index in [1.165, 1.54) is 6.08 Å². The van der Waals surface area contributed by atoms with E-state index < -0.39 is 11.9 Å². The Hall–Kier alpha value is -2.50. The first kappa shape index (κ1) is 13.5. The second-order valence-electron chi connectivity index (χ2n) is 5.05. The Morgan fingerprint density at radius 2 is 2.10 bits per heavy atom. The first-order valence-corrected chi connectivity index (χ1v) is 6.73. The molecule has 1 aromatic carbocycles. The van der Waals surface area contributed by atoms with Crippen molar-refractivity contribution in [3.8, 4) is 11.5 Å². The highest BCUT2D eigenvalue weighted by Crippen LogP contribution is 2.32.